The van der Waals surface area contributed by atoms with Gasteiger partial charge >= 0.3 is 0 Å². The van der Waals surface area contributed by atoms with E-state index in [0.717, 1.165) is 16.4 Å². The van der Waals surface area contributed by atoms with Gasteiger partial charge in [0.2, 0.25) is 0 Å². The molecule has 1 aliphatic rings. The van der Waals surface area contributed by atoms with E-state index in [1.54, 1.807) is 30.3 Å². The summed E-state index contributed by atoms with van der Waals surface area (Å²) >= 11 is 2.04. The Morgan fingerprint density at radius 1 is 1.26 bits per heavy atom. The molecule has 1 N–H and O–H groups in total. The first-order chi connectivity index (χ1) is 11.1. The van der Waals surface area contributed by atoms with Crippen LogP contribution in [-0.2, 0) is 0 Å². The van der Waals surface area contributed by atoms with Crippen molar-refractivity contribution in [1.29, 1.82) is 5.26 Å². The summed E-state index contributed by atoms with van der Waals surface area (Å²) < 4.78 is 14.8. The first-order valence-electron chi connectivity index (χ1n) is 7.36. The average molecular weight is 420 g/mol. The van der Waals surface area contributed by atoms with E-state index >= 15 is 0 Å². The lowest BCUT2D eigenvalue weighted by Gasteiger charge is -2.13. The summed E-state index contributed by atoms with van der Waals surface area (Å²) in [6.07, 6.45) is 2.70. The molecule has 0 unspecified atom stereocenters. The minimum absolute atomic E-state index is 0.0328. The maximum Gasteiger partial charge on any atom is 0.165 e. The van der Waals surface area contributed by atoms with Crippen LogP contribution in [-0.4, -0.2) is 5.78 Å². The number of Topliss-reactive ketones (excluding diaryl/α,β-unsaturated/α-hetero) is 1. The Kier molecular flexibility index (Phi) is 4.62. The second kappa shape index (κ2) is 6.67. The summed E-state index contributed by atoms with van der Waals surface area (Å²) in [5, 5.41) is 12.0. The summed E-state index contributed by atoms with van der Waals surface area (Å²) in [7, 11) is 0. The van der Waals surface area contributed by atoms with Crippen LogP contribution >= 0.6 is 22.6 Å². The third-order valence-electron chi connectivity index (χ3n) is 3.82. The highest BCUT2D eigenvalue weighted by Gasteiger charge is 2.26. The predicted octanol–water partition coefficient (Wildman–Crippen LogP) is 5.03. The Balaban J connectivity index is 1.94. The maximum atomic E-state index is 14.1. The van der Waals surface area contributed by atoms with Crippen LogP contribution in [0.15, 0.2) is 36.4 Å². The van der Waals surface area contributed by atoms with Crippen LogP contribution in [0.2, 0.25) is 0 Å². The van der Waals surface area contributed by atoms with Crippen molar-refractivity contribution in [2.75, 3.05) is 5.32 Å². The number of anilines is 2. The van der Waals surface area contributed by atoms with Gasteiger partial charge in [-0.2, -0.15) is 5.26 Å². The van der Waals surface area contributed by atoms with Crippen molar-refractivity contribution in [3.8, 4) is 6.07 Å². The number of hydrogen-bond donors (Lipinski definition) is 1. The summed E-state index contributed by atoms with van der Waals surface area (Å²) in [4.78, 5) is 12.4. The Hall–Kier alpha value is -1.94. The highest BCUT2D eigenvalue weighted by molar-refractivity contribution is 14.1. The number of ketones is 1. The van der Waals surface area contributed by atoms with Gasteiger partial charge in [-0.1, -0.05) is 0 Å². The minimum Gasteiger partial charge on any atom is -0.353 e. The maximum absolute atomic E-state index is 14.1. The average Bonchev–Trinajstić information content (AvgIpc) is 3.33. The van der Waals surface area contributed by atoms with Crippen LogP contribution < -0.4 is 5.32 Å². The van der Waals surface area contributed by atoms with Crippen molar-refractivity contribution < 1.29 is 9.18 Å². The Morgan fingerprint density at radius 3 is 2.70 bits per heavy atom. The highest BCUT2D eigenvalue weighted by Crippen LogP contribution is 2.35. The molecule has 0 bridgehead atoms. The van der Waals surface area contributed by atoms with Crippen LogP contribution in [0, 0.1) is 26.6 Å². The molecule has 0 saturated heterocycles. The van der Waals surface area contributed by atoms with E-state index in [-0.39, 0.29) is 11.6 Å². The molecular formula is C18H14FIN2O. The number of rotatable bonds is 5. The van der Waals surface area contributed by atoms with E-state index in [1.807, 2.05) is 28.7 Å². The van der Waals surface area contributed by atoms with Gasteiger partial charge in [-0.3, -0.25) is 4.79 Å². The lowest BCUT2D eigenvalue weighted by Crippen LogP contribution is -2.06. The van der Waals surface area contributed by atoms with Gasteiger partial charge in [0.05, 0.1) is 23.0 Å². The fourth-order valence-corrected chi connectivity index (χ4v) is 2.84. The fourth-order valence-electron chi connectivity index (χ4n) is 2.39. The standard InChI is InChI=1S/C18H14FIN2O/c19-15-9-13(20)4-6-16(15)22-17-7-12(10-21)3-5-14(17)18(23)8-11-1-2-11/h3-7,9,11,22H,1-2,8H2. The number of nitrogens with zero attached hydrogens (tertiary/aromatic N) is 1. The van der Waals surface area contributed by atoms with Crippen LogP contribution in [0.25, 0.3) is 0 Å². The Labute approximate surface area is 147 Å². The zero-order valence-corrected chi connectivity index (χ0v) is 14.4. The first-order valence-corrected chi connectivity index (χ1v) is 8.44. The molecule has 2 aromatic carbocycles. The lowest BCUT2D eigenvalue weighted by molar-refractivity contribution is 0.0977. The molecule has 0 radical (unpaired) electrons. The molecular weight excluding hydrogens is 406 g/mol. The van der Waals surface area contributed by atoms with Gasteiger partial charge in [0.15, 0.2) is 5.78 Å². The van der Waals surface area contributed by atoms with Crippen LogP contribution in [0.1, 0.15) is 35.2 Å². The molecule has 1 aliphatic carbocycles. The number of halogens is 2. The van der Waals surface area contributed by atoms with Crippen LogP contribution in [0.5, 0.6) is 0 Å². The number of benzene rings is 2. The summed E-state index contributed by atoms with van der Waals surface area (Å²) in [6, 6.07) is 11.7. The molecule has 0 amide bonds. The molecule has 0 aromatic heterocycles. The van der Waals surface area contributed by atoms with Crippen molar-refractivity contribution in [2.24, 2.45) is 5.92 Å². The molecule has 5 heteroatoms. The lowest BCUT2D eigenvalue weighted by atomic mass is 10.0. The Morgan fingerprint density at radius 2 is 2.04 bits per heavy atom. The summed E-state index contributed by atoms with van der Waals surface area (Å²) in [6.45, 7) is 0. The first kappa shape index (κ1) is 15.9. The largest absolute Gasteiger partial charge is 0.353 e. The zero-order valence-electron chi connectivity index (χ0n) is 12.3. The number of carbonyl (C=O) groups excluding carboxylic acids is 1. The van der Waals surface area contributed by atoms with Crippen LogP contribution in [0.3, 0.4) is 0 Å². The van der Waals surface area contributed by atoms with Gasteiger partial charge in [-0.25, -0.2) is 4.39 Å². The molecule has 0 heterocycles. The van der Waals surface area contributed by atoms with Gasteiger partial charge in [0.1, 0.15) is 5.82 Å². The molecule has 23 heavy (non-hydrogen) atoms. The number of nitriles is 1. The molecule has 116 valence electrons. The van der Waals surface area contributed by atoms with E-state index in [1.165, 1.54) is 6.07 Å². The topological polar surface area (TPSA) is 52.9 Å². The van der Waals surface area contributed by atoms with Gasteiger partial charge in [-0.05, 0) is 77.7 Å². The monoisotopic (exact) mass is 420 g/mol. The van der Waals surface area contributed by atoms with Crippen LogP contribution in [0.4, 0.5) is 15.8 Å². The quantitative estimate of drug-likeness (QED) is 0.546. The third kappa shape index (κ3) is 3.88. The van der Waals surface area contributed by atoms with Gasteiger partial charge in [0.25, 0.3) is 0 Å². The van der Waals surface area contributed by atoms with E-state index < -0.39 is 0 Å². The molecule has 0 aliphatic heterocycles. The highest BCUT2D eigenvalue weighted by atomic mass is 127. The van der Waals surface area contributed by atoms with Crippen molar-refractivity contribution in [1.82, 2.24) is 0 Å². The normalized spacial score (nSPS) is 13.4. The SMILES string of the molecule is N#Cc1ccc(C(=O)CC2CC2)c(Nc2ccc(I)cc2F)c1. The Bertz CT molecular complexity index is 809. The molecule has 3 nitrogen and oxygen atoms in total. The van der Waals surface area contributed by atoms with Gasteiger partial charge < -0.3 is 5.32 Å². The number of hydrogen-bond acceptors (Lipinski definition) is 3. The second-order valence-electron chi connectivity index (χ2n) is 5.69. The van der Waals surface area contributed by atoms with Crippen molar-refractivity contribution in [2.45, 2.75) is 19.3 Å². The number of carbonyl (C=O) groups is 1. The minimum atomic E-state index is -0.389. The summed E-state index contributed by atoms with van der Waals surface area (Å²) in [5.74, 6) is 0.117. The van der Waals surface area contributed by atoms with E-state index in [2.05, 4.69) is 5.32 Å². The van der Waals surface area contributed by atoms with Gasteiger partial charge in [-0.15, -0.1) is 0 Å². The second-order valence-corrected chi connectivity index (χ2v) is 6.94. The fraction of sp³-hybridized carbons (Fsp3) is 0.222. The van der Waals surface area contributed by atoms with Crippen molar-refractivity contribution in [3.63, 3.8) is 0 Å². The molecule has 2 aromatic rings. The van der Waals surface area contributed by atoms with Crippen molar-refractivity contribution >= 4 is 39.7 Å². The molecule has 0 spiro atoms. The molecule has 1 saturated carbocycles. The number of nitrogens with one attached hydrogen (secondary N) is 1. The van der Waals surface area contributed by atoms with Crippen molar-refractivity contribution in [3.05, 3.63) is 56.9 Å². The van der Waals surface area contributed by atoms with E-state index in [9.17, 15) is 9.18 Å². The van der Waals surface area contributed by atoms with E-state index in [0.29, 0.717) is 34.8 Å². The summed E-state index contributed by atoms with van der Waals surface area (Å²) in [5.41, 5.74) is 1.71. The zero-order chi connectivity index (χ0) is 16.4. The predicted molar refractivity (Wildman–Crippen MR) is 95.2 cm³/mol. The van der Waals surface area contributed by atoms with E-state index in [4.69, 9.17) is 5.26 Å². The third-order valence-corrected chi connectivity index (χ3v) is 4.49. The smallest absolute Gasteiger partial charge is 0.165 e. The van der Waals surface area contributed by atoms with Gasteiger partial charge in [0, 0.05) is 15.6 Å². The molecule has 0 atom stereocenters. The molecule has 3 rings (SSSR count). The molecule has 1 fully saturated rings.